The maximum Gasteiger partial charge on any atom is 0.319 e. The fourth-order valence-electron chi connectivity index (χ4n) is 1.82. The highest BCUT2D eigenvalue weighted by molar-refractivity contribution is 5.89. The molecular weight excluding hydrogens is 256 g/mol. The van der Waals surface area contributed by atoms with Crippen LogP contribution in [0.4, 0.5) is 10.5 Å². The van der Waals surface area contributed by atoms with Crippen LogP contribution in [0.25, 0.3) is 0 Å². The van der Waals surface area contributed by atoms with E-state index in [9.17, 15) is 4.79 Å². The highest BCUT2D eigenvalue weighted by Crippen LogP contribution is 2.17. The maximum absolute atomic E-state index is 11.8. The molecule has 2 N–H and O–H groups in total. The van der Waals surface area contributed by atoms with Gasteiger partial charge in [-0.1, -0.05) is 0 Å². The molecule has 0 aliphatic rings. The molecule has 0 fully saturated rings. The Morgan fingerprint density at radius 1 is 1.35 bits per heavy atom. The summed E-state index contributed by atoms with van der Waals surface area (Å²) in [6.45, 7) is 0.456. The Morgan fingerprint density at radius 2 is 2.10 bits per heavy atom. The van der Waals surface area contributed by atoms with Crippen LogP contribution in [-0.2, 0) is 0 Å². The number of nitrogens with one attached hydrogen (secondary N) is 2. The fraction of sp³-hybridized carbons (Fsp3) is 0.286. The number of pyridine rings is 1. The van der Waals surface area contributed by atoms with Crippen molar-refractivity contribution in [3.63, 3.8) is 0 Å². The van der Waals surface area contributed by atoms with E-state index in [1.165, 1.54) is 0 Å². The first-order valence-corrected chi connectivity index (χ1v) is 6.31. The molecule has 6 nitrogen and oxygen atoms in total. The van der Waals surface area contributed by atoms with E-state index in [1.54, 1.807) is 30.8 Å². The van der Waals surface area contributed by atoms with E-state index in [0.717, 1.165) is 5.76 Å². The van der Waals surface area contributed by atoms with Crippen molar-refractivity contribution in [1.29, 1.82) is 0 Å². The number of anilines is 1. The molecule has 6 heteroatoms. The van der Waals surface area contributed by atoms with Crippen molar-refractivity contribution in [2.45, 2.75) is 6.04 Å². The van der Waals surface area contributed by atoms with Gasteiger partial charge in [0.05, 0.1) is 12.3 Å². The molecule has 0 aliphatic carbocycles. The van der Waals surface area contributed by atoms with Gasteiger partial charge in [0.25, 0.3) is 0 Å². The van der Waals surface area contributed by atoms with E-state index in [1.807, 2.05) is 31.1 Å². The van der Waals surface area contributed by atoms with E-state index in [-0.39, 0.29) is 12.1 Å². The van der Waals surface area contributed by atoms with Gasteiger partial charge in [-0.25, -0.2) is 4.79 Å². The highest BCUT2D eigenvalue weighted by Gasteiger charge is 2.17. The quantitative estimate of drug-likeness (QED) is 0.876. The van der Waals surface area contributed by atoms with Crippen molar-refractivity contribution < 1.29 is 9.21 Å². The second-order valence-corrected chi connectivity index (χ2v) is 4.57. The third kappa shape index (κ3) is 3.83. The molecule has 20 heavy (non-hydrogen) atoms. The lowest BCUT2D eigenvalue weighted by Crippen LogP contribution is -2.36. The predicted molar refractivity (Wildman–Crippen MR) is 76.4 cm³/mol. The van der Waals surface area contributed by atoms with Crippen LogP contribution >= 0.6 is 0 Å². The molecule has 0 spiro atoms. The number of carbonyl (C=O) groups is 1. The van der Waals surface area contributed by atoms with Gasteiger partial charge in [0.1, 0.15) is 5.76 Å². The van der Waals surface area contributed by atoms with E-state index in [4.69, 9.17) is 4.42 Å². The van der Waals surface area contributed by atoms with Gasteiger partial charge >= 0.3 is 6.03 Å². The summed E-state index contributed by atoms with van der Waals surface area (Å²) in [6.07, 6.45) is 4.88. The summed E-state index contributed by atoms with van der Waals surface area (Å²) in [7, 11) is 3.88. The largest absolute Gasteiger partial charge is 0.468 e. The minimum Gasteiger partial charge on any atom is -0.468 e. The van der Waals surface area contributed by atoms with Crippen LogP contribution in [0.3, 0.4) is 0 Å². The van der Waals surface area contributed by atoms with Crippen molar-refractivity contribution in [3.05, 3.63) is 48.7 Å². The molecule has 2 heterocycles. The Labute approximate surface area is 117 Å². The number of nitrogens with zero attached hydrogens (tertiary/aromatic N) is 2. The minimum atomic E-state index is -0.255. The summed E-state index contributed by atoms with van der Waals surface area (Å²) in [6, 6.07) is 6.93. The van der Waals surface area contributed by atoms with Gasteiger partial charge in [0.15, 0.2) is 0 Å². The van der Waals surface area contributed by atoms with Crippen molar-refractivity contribution in [2.24, 2.45) is 0 Å². The van der Waals surface area contributed by atoms with Gasteiger partial charge in [0.2, 0.25) is 0 Å². The Hall–Kier alpha value is -2.34. The van der Waals surface area contributed by atoms with Crippen LogP contribution in [0.15, 0.2) is 47.3 Å². The molecule has 2 amide bonds. The normalized spacial score (nSPS) is 12.2. The Morgan fingerprint density at radius 3 is 2.70 bits per heavy atom. The van der Waals surface area contributed by atoms with Gasteiger partial charge in [-0.05, 0) is 38.4 Å². The van der Waals surface area contributed by atoms with Crippen LogP contribution in [0.2, 0.25) is 0 Å². The lowest BCUT2D eigenvalue weighted by molar-refractivity contribution is 0.233. The van der Waals surface area contributed by atoms with Crippen LogP contribution in [0.5, 0.6) is 0 Å². The number of amides is 2. The second-order valence-electron chi connectivity index (χ2n) is 4.57. The predicted octanol–water partition coefficient (Wildman–Crippen LogP) is 2.10. The van der Waals surface area contributed by atoms with Gasteiger partial charge in [0, 0.05) is 24.6 Å². The number of urea groups is 1. The lowest BCUT2D eigenvalue weighted by Gasteiger charge is -2.22. The number of furan rings is 1. The molecule has 0 unspecified atom stereocenters. The minimum absolute atomic E-state index is 0.00631. The zero-order chi connectivity index (χ0) is 14.4. The van der Waals surface area contributed by atoms with Crippen molar-refractivity contribution in [3.8, 4) is 0 Å². The molecule has 106 valence electrons. The molecule has 0 aliphatic heterocycles. The number of hydrogen-bond acceptors (Lipinski definition) is 4. The monoisotopic (exact) mass is 274 g/mol. The SMILES string of the molecule is CN(C)[C@H](CNC(=O)Nc1ccncc1)c1ccco1. The van der Waals surface area contributed by atoms with Gasteiger partial charge in [-0.2, -0.15) is 0 Å². The Bertz CT molecular complexity index is 525. The molecule has 0 saturated heterocycles. The summed E-state index contributed by atoms with van der Waals surface area (Å²) < 4.78 is 5.39. The van der Waals surface area contributed by atoms with E-state index >= 15 is 0 Å². The number of likely N-dealkylation sites (N-methyl/N-ethyl adjacent to an activating group) is 1. The standard InChI is InChI=1S/C14H18N4O2/c1-18(2)12(13-4-3-9-20-13)10-16-14(19)17-11-5-7-15-8-6-11/h3-9,12H,10H2,1-2H3,(H2,15,16,17,19)/t12-/m1/s1. The lowest BCUT2D eigenvalue weighted by atomic mass is 10.2. The topological polar surface area (TPSA) is 70.4 Å². The van der Waals surface area contributed by atoms with Crippen LogP contribution in [-0.4, -0.2) is 36.6 Å². The van der Waals surface area contributed by atoms with Crippen molar-refractivity contribution in [1.82, 2.24) is 15.2 Å². The van der Waals surface area contributed by atoms with Crippen LogP contribution < -0.4 is 10.6 Å². The summed E-state index contributed by atoms with van der Waals surface area (Å²) in [5.74, 6) is 0.819. The molecule has 0 radical (unpaired) electrons. The Balaban J connectivity index is 1.88. The number of carbonyl (C=O) groups excluding carboxylic acids is 1. The second kappa shape index (κ2) is 6.72. The first-order chi connectivity index (χ1) is 9.66. The molecule has 0 saturated carbocycles. The third-order valence-corrected chi connectivity index (χ3v) is 2.89. The molecule has 2 aromatic rings. The molecule has 0 bridgehead atoms. The smallest absolute Gasteiger partial charge is 0.319 e. The van der Waals surface area contributed by atoms with Crippen molar-refractivity contribution >= 4 is 11.7 Å². The zero-order valence-corrected chi connectivity index (χ0v) is 11.5. The van der Waals surface area contributed by atoms with E-state index < -0.39 is 0 Å². The third-order valence-electron chi connectivity index (χ3n) is 2.89. The summed E-state index contributed by atoms with van der Waals surface area (Å²) >= 11 is 0. The molecule has 0 aromatic carbocycles. The van der Waals surface area contributed by atoms with Gasteiger partial charge < -0.3 is 15.1 Å². The molecular formula is C14H18N4O2. The first-order valence-electron chi connectivity index (χ1n) is 6.31. The van der Waals surface area contributed by atoms with E-state index in [2.05, 4.69) is 15.6 Å². The molecule has 2 rings (SSSR count). The van der Waals surface area contributed by atoms with E-state index in [0.29, 0.717) is 12.2 Å². The van der Waals surface area contributed by atoms with Crippen LogP contribution in [0.1, 0.15) is 11.8 Å². The molecule has 1 atom stereocenters. The van der Waals surface area contributed by atoms with Crippen LogP contribution in [0, 0.1) is 0 Å². The first kappa shape index (κ1) is 14.1. The average molecular weight is 274 g/mol. The fourth-order valence-corrected chi connectivity index (χ4v) is 1.82. The summed E-state index contributed by atoms with van der Waals surface area (Å²) in [5.41, 5.74) is 0.705. The van der Waals surface area contributed by atoms with Gasteiger partial charge in [-0.3, -0.25) is 9.88 Å². The number of hydrogen-bond donors (Lipinski definition) is 2. The maximum atomic E-state index is 11.8. The average Bonchev–Trinajstić information content (AvgIpc) is 2.93. The van der Waals surface area contributed by atoms with Gasteiger partial charge in [-0.15, -0.1) is 0 Å². The number of rotatable bonds is 5. The molecule has 2 aromatic heterocycles. The highest BCUT2D eigenvalue weighted by atomic mass is 16.3. The summed E-state index contributed by atoms with van der Waals surface area (Å²) in [4.78, 5) is 17.7. The van der Waals surface area contributed by atoms with Crippen molar-refractivity contribution in [2.75, 3.05) is 26.0 Å². The Kier molecular flexibility index (Phi) is 4.73. The number of aromatic nitrogens is 1. The summed E-state index contributed by atoms with van der Waals surface area (Å²) in [5, 5.41) is 5.57. The zero-order valence-electron chi connectivity index (χ0n) is 11.5.